The molecule has 0 saturated heterocycles. The van der Waals surface area contributed by atoms with Gasteiger partial charge in [-0.15, -0.1) is 0 Å². The van der Waals surface area contributed by atoms with Crippen LogP contribution in [0.3, 0.4) is 0 Å². The van der Waals surface area contributed by atoms with Crippen molar-refractivity contribution in [3.05, 3.63) is 64.6 Å². The molecule has 6 nitrogen and oxygen atoms in total. The maximum Gasteiger partial charge on any atom is 0.333 e. The van der Waals surface area contributed by atoms with Crippen LogP contribution in [0.5, 0.6) is 11.5 Å². The van der Waals surface area contributed by atoms with Gasteiger partial charge in [0.2, 0.25) is 0 Å². The fraction of sp³-hybridized carbons (Fsp3) is 0.111. The summed E-state index contributed by atoms with van der Waals surface area (Å²) in [6.45, 7) is 0. The number of carbonyl (C=O) groups excluding carboxylic acids is 1. The van der Waals surface area contributed by atoms with E-state index in [1.54, 1.807) is 62.8 Å². The summed E-state index contributed by atoms with van der Waals surface area (Å²) in [5, 5.41) is 0. The van der Waals surface area contributed by atoms with Gasteiger partial charge >= 0.3 is 5.69 Å². The molecule has 0 amide bonds. The summed E-state index contributed by atoms with van der Waals surface area (Å²) in [6.07, 6.45) is 2.97. The number of methoxy groups -OCH3 is 2. The Balaban J connectivity index is 1.93. The minimum absolute atomic E-state index is 0.424. The van der Waals surface area contributed by atoms with Crippen LogP contribution >= 0.6 is 0 Å². The van der Waals surface area contributed by atoms with E-state index in [4.69, 9.17) is 9.47 Å². The predicted molar refractivity (Wildman–Crippen MR) is 91.8 cm³/mol. The van der Waals surface area contributed by atoms with Crippen LogP contribution in [-0.2, 0) is 0 Å². The number of ether oxygens (including phenoxy) is 2. The van der Waals surface area contributed by atoms with Crippen molar-refractivity contribution in [1.82, 2.24) is 9.55 Å². The van der Waals surface area contributed by atoms with Gasteiger partial charge in [0.25, 0.3) is 5.91 Å². The summed E-state index contributed by atoms with van der Waals surface area (Å²) in [5.41, 5.74) is 1.46. The van der Waals surface area contributed by atoms with Crippen molar-refractivity contribution in [1.29, 1.82) is 0 Å². The molecule has 1 aromatic heterocycles. The lowest BCUT2D eigenvalue weighted by molar-refractivity contribution is 0.0971. The quantitative estimate of drug-likeness (QED) is 0.749. The maximum atomic E-state index is 12.4. The largest absolute Gasteiger partial charge is 0.493 e. The Kier molecular flexibility index (Phi) is 4.20. The number of rotatable bonds is 4. The van der Waals surface area contributed by atoms with Crippen LogP contribution < -0.4 is 15.2 Å². The van der Waals surface area contributed by atoms with Gasteiger partial charge in [0, 0.05) is 6.08 Å². The number of benzene rings is 2. The topological polar surface area (TPSA) is 73.3 Å². The van der Waals surface area contributed by atoms with E-state index in [9.17, 15) is 9.59 Å². The molecule has 6 heteroatoms. The smallest absolute Gasteiger partial charge is 0.333 e. The molecule has 3 rings (SSSR count). The van der Waals surface area contributed by atoms with E-state index in [0.717, 1.165) is 10.1 Å². The van der Waals surface area contributed by atoms with Crippen LogP contribution in [0.15, 0.2) is 53.3 Å². The van der Waals surface area contributed by atoms with Crippen LogP contribution in [0.2, 0.25) is 0 Å². The Hall–Kier alpha value is -3.28. The first-order valence-electron chi connectivity index (χ1n) is 7.28. The summed E-state index contributed by atoms with van der Waals surface area (Å²) < 4.78 is 11.5. The summed E-state index contributed by atoms with van der Waals surface area (Å²) in [5.74, 6) is 0.748. The maximum absolute atomic E-state index is 12.4. The first-order valence-corrected chi connectivity index (χ1v) is 7.28. The number of nitrogens with zero attached hydrogens (tertiary/aromatic N) is 1. The Bertz CT molecular complexity index is 982. The Morgan fingerprint density at radius 3 is 2.58 bits per heavy atom. The standard InChI is InChI=1S/C18H16N2O4/c1-23-15-9-7-12(11-16(15)24-2)8-10-17(21)20-14-6-4-3-5-13(14)19-18(20)22/h3-11H,1-2H3,(H,19,22). The Morgan fingerprint density at radius 2 is 1.83 bits per heavy atom. The number of allylic oxidation sites excluding steroid dienone is 1. The first-order chi connectivity index (χ1) is 11.6. The molecular formula is C18H16N2O4. The second-order valence-electron chi connectivity index (χ2n) is 5.07. The number of imidazole rings is 1. The van der Waals surface area contributed by atoms with Gasteiger partial charge in [-0.25, -0.2) is 9.36 Å². The average molecular weight is 324 g/mol. The summed E-state index contributed by atoms with van der Waals surface area (Å²) in [6, 6.07) is 12.3. The normalized spacial score (nSPS) is 11.1. The van der Waals surface area contributed by atoms with Crippen molar-refractivity contribution in [2.24, 2.45) is 0 Å². The second kappa shape index (κ2) is 6.45. The molecule has 1 heterocycles. The molecule has 0 radical (unpaired) electrons. The van der Waals surface area contributed by atoms with Crippen LogP contribution in [0.4, 0.5) is 0 Å². The first kappa shape index (κ1) is 15.6. The average Bonchev–Trinajstić information content (AvgIpc) is 2.95. The molecule has 0 unspecified atom stereocenters. The molecule has 0 bridgehead atoms. The number of carbonyl (C=O) groups is 1. The number of aromatic nitrogens is 2. The number of nitrogens with one attached hydrogen (secondary N) is 1. The molecule has 0 spiro atoms. The van der Waals surface area contributed by atoms with Gasteiger partial charge < -0.3 is 14.5 Å². The van der Waals surface area contributed by atoms with Crippen molar-refractivity contribution in [3.8, 4) is 11.5 Å². The molecule has 0 fully saturated rings. The fourth-order valence-corrected chi connectivity index (χ4v) is 2.47. The van der Waals surface area contributed by atoms with Gasteiger partial charge in [0.05, 0.1) is 25.3 Å². The Labute approximate surface area is 137 Å². The van der Waals surface area contributed by atoms with Crippen molar-refractivity contribution in [2.75, 3.05) is 14.2 Å². The third-order valence-corrected chi connectivity index (χ3v) is 3.64. The molecule has 0 aliphatic rings. The number of fused-ring (bicyclic) bond motifs is 1. The van der Waals surface area contributed by atoms with E-state index in [1.165, 1.54) is 6.08 Å². The zero-order valence-corrected chi connectivity index (χ0v) is 13.3. The minimum atomic E-state index is -0.460. The number of hydrogen-bond donors (Lipinski definition) is 1. The molecule has 3 aromatic rings. The minimum Gasteiger partial charge on any atom is -0.493 e. The van der Waals surface area contributed by atoms with Gasteiger partial charge in [-0.3, -0.25) is 4.79 Å². The third kappa shape index (κ3) is 2.81. The lowest BCUT2D eigenvalue weighted by atomic mass is 10.2. The number of para-hydroxylation sites is 2. The van der Waals surface area contributed by atoms with Crippen molar-refractivity contribution < 1.29 is 14.3 Å². The van der Waals surface area contributed by atoms with Crippen LogP contribution in [0.1, 0.15) is 10.4 Å². The number of H-pyrrole nitrogens is 1. The molecule has 0 atom stereocenters. The van der Waals surface area contributed by atoms with E-state index >= 15 is 0 Å². The van der Waals surface area contributed by atoms with Gasteiger partial charge in [-0.05, 0) is 35.9 Å². The molecule has 0 aliphatic carbocycles. The Morgan fingerprint density at radius 1 is 1.08 bits per heavy atom. The highest BCUT2D eigenvalue weighted by atomic mass is 16.5. The van der Waals surface area contributed by atoms with Crippen LogP contribution in [0, 0.1) is 0 Å². The molecule has 0 aliphatic heterocycles. The fourth-order valence-electron chi connectivity index (χ4n) is 2.47. The monoisotopic (exact) mass is 324 g/mol. The molecule has 1 N–H and O–H groups in total. The van der Waals surface area contributed by atoms with Gasteiger partial charge in [0.1, 0.15) is 0 Å². The molecular weight excluding hydrogens is 308 g/mol. The lowest BCUT2D eigenvalue weighted by Gasteiger charge is -2.07. The zero-order valence-electron chi connectivity index (χ0n) is 13.3. The summed E-state index contributed by atoms with van der Waals surface area (Å²) >= 11 is 0. The zero-order chi connectivity index (χ0) is 17.1. The van der Waals surface area contributed by atoms with E-state index in [0.29, 0.717) is 22.5 Å². The van der Waals surface area contributed by atoms with E-state index in [1.807, 2.05) is 0 Å². The van der Waals surface area contributed by atoms with Crippen LogP contribution in [-0.4, -0.2) is 29.7 Å². The third-order valence-electron chi connectivity index (χ3n) is 3.64. The highest BCUT2D eigenvalue weighted by molar-refractivity contribution is 5.99. The SMILES string of the molecule is COc1ccc(C=CC(=O)n2c(=O)[nH]c3ccccc32)cc1OC. The van der Waals surface area contributed by atoms with Gasteiger partial charge in [-0.2, -0.15) is 0 Å². The van der Waals surface area contributed by atoms with Gasteiger partial charge in [0.15, 0.2) is 11.5 Å². The summed E-state index contributed by atoms with van der Waals surface area (Å²) in [4.78, 5) is 27.0. The van der Waals surface area contributed by atoms with E-state index in [2.05, 4.69) is 4.98 Å². The van der Waals surface area contributed by atoms with Gasteiger partial charge in [-0.1, -0.05) is 18.2 Å². The van der Waals surface area contributed by atoms with Crippen LogP contribution in [0.25, 0.3) is 17.1 Å². The highest BCUT2D eigenvalue weighted by Gasteiger charge is 2.11. The van der Waals surface area contributed by atoms with Crippen molar-refractivity contribution in [2.45, 2.75) is 0 Å². The molecule has 24 heavy (non-hydrogen) atoms. The van der Waals surface area contributed by atoms with E-state index in [-0.39, 0.29) is 0 Å². The predicted octanol–water partition coefficient (Wildman–Crippen LogP) is 2.70. The lowest BCUT2D eigenvalue weighted by Crippen LogP contribution is -2.22. The molecule has 122 valence electrons. The van der Waals surface area contributed by atoms with Crippen molar-refractivity contribution in [3.63, 3.8) is 0 Å². The molecule has 2 aromatic carbocycles. The molecule has 0 saturated carbocycles. The highest BCUT2D eigenvalue weighted by Crippen LogP contribution is 2.27. The number of hydrogen-bond acceptors (Lipinski definition) is 4. The summed E-state index contributed by atoms with van der Waals surface area (Å²) in [7, 11) is 3.10. The van der Waals surface area contributed by atoms with Crippen molar-refractivity contribution >= 4 is 23.0 Å². The van der Waals surface area contributed by atoms with E-state index < -0.39 is 11.6 Å². The second-order valence-corrected chi connectivity index (χ2v) is 5.07. The number of aromatic amines is 1.